The molecule has 10 heteroatoms. The maximum absolute atomic E-state index is 13.2. The lowest BCUT2D eigenvalue weighted by molar-refractivity contribution is -0.325. The number of aryl methyl sites for hydroxylation is 1. The molecule has 1 aliphatic rings. The van der Waals surface area contributed by atoms with E-state index in [9.17, 15) is 13.5 Å². The summed E-state index contributed by atoms with van der Waals surface area (Å²) in [4.78, 5) is 0.0392. The van der Waals surface area contributed by atoms with Gasteiger partial charge >= 0.3 is 0 Å². The lowest BCUT2D eigenvalue weighted by Crippen LogP contribution is -2.62. The smallest absolute Gasteiger partial charge is 0.297 e. The third-order valence-corrected chi connectivity index (χ3v) is 9.02. The molecule has 4 aromatic rings. The molecule has 0 radical (unpaired) electrons. The van der Waals surface area contributed by atoms with Crippen molar-refractivity contribution in [3.63, 3.8) is 0 Å². The Morgan fingerprint density at radius 1 is 0.638 bits per heavy atom. The topological polar surface area (TPSA) is 110 Å². The van der Waals surface area contributed by atoms with Crippen LogP contribution < -0.4 is 0 Å². The Labute approximate surface area is 277 Å². The summed E-state index contributed by atoms with van der Waals surface area (Å²) in [7, 11) is -4.12. The van der Waals surface area contributed by atoms with Crippen molar-refractivity contribution >= 4 is 10.1 Å². The third-order valence-electron chi connectivity index (χ3n) is 7.73. The highest BCUT2D eigenvalue weighted by atomic mass is 32.2. The first-order valence-corrected chi connectivity index (χ1v) is 17.1. The maximum Gasteiger partial charge on any atom is 0.297 e. The van der Waals surface area contributed by atoms with Gasteiger partial charge in [-0.1, -0.05) is 109 Å². The van der Waals surface area contributed by atoms with Gasteiger partial charge < -0.3 is 28.8 Å². The van der Waals surface area contributed by atoms with Crippen molar-refractivity contribution in [2.75, 3.05) is 19.8 Å². The molecule has 47 heavy (non-hydrogen) atoms. The molecule has 1 heterocycles. The summed E-state index contributed by atoms with van der Waals surface area (Å²) < 4.78 is 64.3. The van der Waals surface area contributed by atoms with E-state index in [4.69, 9.17) is 27.9 Å². The van der Waals surface area contributed by atoms with E-state index in [0.29, 0.717) is 6.42 Å². The number of benzene rings is 4. The van der Waals surface area contributed by atoms with Gasteiger partial charge in [0.15, 0.2) is 6.29 Å². The van der Waals surface area contributed by atoms with Crippen molar-refractivity contribution in [2.45, 2.75) is 68.8 Å². The lowest BCUT2D eigenvalue weighted by atomic mass is 9.98. The second-order valence-electron chi connectivity index (χ2n) is 11.3. The van der Waals surface area contributed by atoms with Crippen LogP contribution in [-0.2, 0) is 57.8 Å². The van der Waals surface area contributed by atoms with Crippen LogP contribution in [-0.4, -0.2) is 64.1 Å². The monoisotopic (exact) mass is 662 g/mol. The van der Waals surface area contributed by atoms with E-state index in [1.54, 1.807) is 12.1 Å². The Kier molecular flexibility index (Phi) is 13.1. The Morgan fingerprint density at radius 2 is 1.13 bits per heavy atom. The fourth-order valence-corrected chi connectivity index (χ4v) is 6.13. The number of aliphatic hydroxyl groups is 1. The zero-order chi connectivity index (χ0) is 32.9. The first-order valence-electron chi connectivity index (χ1n) is 15.7. The van der Waals surface area contributed by atoms with E-state index >= 15 is 0 Å². The van der Waals surface area contributed by atoms with Gasteiger partial charge in [-0.2, -0.15) is 8.42 Å². The van der Waals surface area contributed by atoms with Gasteiger partial charge in [0, 0.05) is 6.61 Å². The molecule has 1 aliphatic heterocycles. The van der Waals surface area contributed by atoms with Crippen LogP contribution in [0.2, 0.25) is 0 Å². The molecule has 0 aromatic heterocycles. The largest absolute Gasteiger partial charge is 0.396 e. The van der Waals surface area contributed by atoms with E-state index in [2.05, 4.69) is 0 Å². The van der Waals surface area contributed by atoms with Crippen molar-refractivity contribution in [1.82, 2.24) is 0 Å². The Bertz CT molecular complexity index is 1570. The molecule has 1 N–H and O–H groups in total. The van der Waals surface area contributed by atoms with Crippen LogP contribution in [0.4, 0.5) is 0 Å². The van der Waals surface area contributed by atoms with Crippen LogP contribution in [0, 0.1) is 6.92 Å². The van der Waals surface area contributed by atoms with Gasteiger partial charge in [0.1, 0.15) is 24.4 Å². The zero-order valence-electron chi connectivity index (χ0n) is 26.4. The second-order valence-corrected chi connectivity index (χ2v) is 12.9. The number of hydrogen-bond donors (Lipinski definition) is 1. The molecule has 4 aromatic carbocycles. The normalized spacial score (nSPS) is 21.4. The highest BCUT2D eigenvalue weighted by Gasteiger charge is 2.49. The van der Waals surface area contributed by atoms with Gasteiger partial charge in [0.25, 0.3) is 10.1 Å². The van der Waals surface area contributed by atoms with Gasteiger partial charge in [-0.3, -0.25) is 4.18 Å². The minimum atomic E-state index is -4.12. The molecule has 0 amide bonds. The molecular weight excluding hydrogens is 620 g/mol. The maximum atomic E-state index is 13.2. The van der Waals surface area contributed by atoms with Crippen molar-refractivity contribution in [2.24, 2.45) is 0 Å². The van der Waals surface area contributed by atoms with Crippen LogP contribution in [0.25, 0.3) is 0 Å². The highest BCUT2D eigenvalue weighted by Crippen LogP contribution is 2.32. The van der Waals surface area contributed by atoms with E-state index in [-0.39, 0.29) is 44.5 Å². The lowest BCUT2D eigenvalue weighted by Gasteiger charge is -2.45. The van der Waals surface area contributed by atoms with Crippen molar-refractivity contribution < 1.29 is 41.4 Å². The number of hydrogen-bond acceptors (Lipinski definition) is 9. The molecule has 1 fully saturated rings. The third kappa shape index (κ3) is 10.3. The fraction of sp³-hybridized carbons (Fsp3) is 0.351. The second kappa shape index (κ2) is 17.6. The van der Waals surface area contributed by atoms with Crippen LogP contribution in [0.1, 0.15) is 28.7 Å². The molecule has 0 bridgehead atoms. The summed E-state index contributed by atoms with van der Waals surface area (Å²) in [5.41, 5.74) is 3.73. The molecule has 0 aliphatic carbocycles. The van der Waals surface area contributed by atoms with Gasteiger partial charge in [-0.15, -0.1) is 0 Å². The van der Waals surface area contributed by atoms with Crippen molar-refractivity contribution in [3.05, 3.63) is 138 Å². The summed E-state index contributed by atoms with van der Waals surface area (Å²) in [6, 6.07) is 35.5. The van der Waals surface area contributed by atoms with E-state index < -0.39 is 40.8 Å². The summed E-state index contributed by atoms with van der Waals surface area (Å²) in [6.45, 7) is 2.33. The van der Waals surface area contributed by atoms with Gasteiger partial charge in [0.2, 0.25) is 0 Å². The molecule has 250 valence electrons. The van der Waals surface area contributed by atoms with Crippen LogP contribution >= 0.6 is 0 Å². The van der Waals surface area contributed by atoms with Gasteiger partial charge in [0.05, 0.1) is 37.9 Å². The average molecular weight is 663 g/mol. The SMILES string of the molecule is Cc1ccc(S(=O)(=O)OC[C@H]2O[C@H](OCCCO)[C@H](OCc3ccccc3)[C@@H](OCc3ccccc3)[C@@H]2OCc2ccccc2)cc1. The van der Waals surface area contributed by atoms with Crippen LogP contribution in [0.5, 0.6) is 0 Å². The van der Waals surface area contributed by atoms with Gasteiger partial charge in [-0.05, 0) is 42.2 Å². The highest BCUT2D eigenvalue weighted by molar-refractivity contribution is 7.86. The molecule has 0 saturated carbocycles. The molecular formula is C37H42O9S. The van der Waals surface area contributed by atoms with Crippen molar-refractivity contribution in [1.29, 1.82) is 0 Å². The van der Waals surface area contributed by atoms with Crippen LogP contribution in [0.3, 0.4) is 0 Å². The number of rotatable bonds is 17. The first kappa shape index (κ1) is 34.9. The Morgan fingerprint density at radius 3 is 1.64 bits per heavy atom. The summed E-state index contributed by atoms with van der Waals surface area (Å²) in [6.07, 6.45) is -3.87. The molecule has 5 atom stereocenters. The Balaban J connectivity index is 1.46. The molecule has 5 rings (SSSR count). The minimum Gasteiger partial charge on any atom is -0.396 e. The minimum absolute atomic E-state index is 0.0392. The zero-order valence-corrected chi connectivity index (χ0v) is 27.2. The van der Waals surface area contributed by atoms with E-state index in [0.717, 1.165) is 22.3 Å². The van der Waals surface area contributed by atoms with Crippen molar-refractivity contribution in [3.8, 4) is 0 Å². The quantitative estimate of drug-likeness (QED) is 0.115. The summed E-state index contributed by atoms with van der Waals surface area (Å²) >= 11 is 0. The van der Waals surface area contributed by atoms with E-state index in [1.165, 1.54) is 12.1 Å². The van der Waals surface area contributed by atoms with E-state index in [1.807, 2.05) is 97.9 Å². The average Bonchev–Trinajstić information content (AvgIpc) is 3.10. The first-order chi connectivity index (χ1) is 22.9. The summed E-state index contributed by atoms with van der Waals surface area (Å²) in [5.74, 6) is 0. The fourth-order valence-electron chi connectivity index (χ4n) is 5.21. The molecule has 0 unspecified atom stereocenters. The van der Waals surface area contributed by atoms with Crippen LogP contribution in [0.15, 0.2) is 120 Å². The van der Waals surface area contributed by atoms with Gasteiger partial charge in [-0.25, -0.2) is 0 Å². The summed E-state index contributed by atoms with van der Waals surface area (Å²) in [5, 5.41) is 9.46. The standard InChI is InChI=1S/C37H42O9S/c1-28-18-20-32(21-19-28)47(39,40)45-27-33-34(42-24-29-12-5-2-6-13-29)35(43-25-30-14-7-3-8-15-30)36(37(46-33)41-23-11-22-38)44-26-31-16-9-4-10-17-31/h2-10,12-21,33-38H,11,22-27H2,1H3/t33-,34-,35+,36-,37+/m1/s1. The molecule has 9 nitrogen and oxygen atoms in total. The predicted octanol–water partition coefficient (Wildman–Crippen LogP) is 5.58. The predicted molar refractivity (Wildman–Crippen MR) is 176 cm³/mol. The molecule has 0 spiro atoms. The molecule has 1 saturated heterocycles. The number of aliphatic hydroxyl groups excluding tert-OH is 1. The number of ether oxygens (including phenoxy) is 5. The Hall–Kier alpha value is -3.45.